The molecule has 0 radical (unpaired) electrons. The molecule has 0 amide bonds. The van der Waals surface area contributed by atoms with Gasteiger partial charge in [0.1, 0.15) is 5.75 Å². The Kier molecular flexibility index (Phi) is 4.30. The molecule has 1 N–H and O–H groups in total. The molecule has 7 nitrogen and oxygen atoms in total. The maximum absolute atomic E-state index is 12.7. The van der Waals surface area contributed by atoms with E-state index < -0.39 is 10.0 Å². The van der Waals surface area contributed by atoms with E-state index in [9.17, 15) is 13.2 Å². The van der Waals surface area contributed by atoms with Crippen LogP contribution >= 0.6 is 0 Å². The number of nitrogens with zero attached hydrogens (tertiary/aromatic N) is 2. The number of hydrogen-bond acceptors (Lipinski definition) is 4. The number of rotatable bonds is 5. The summed E-state index contributed by atoms with van der Waals surface area (Å²) < 4.78 is 36.4. The minimum Gasteiger partial charge on any atom is -0.492 e. The van der Waals surface area contributed by atoms with Gasteiger partial charge < -0.3 is 4.74 Å². The van der Waals surface area contributed by atoms with E-state index in [1.807, 2.05) is 6.92 Å². The minimum atomic E-state index is -3.82. The molecule has 0 spiro atoms. The summed E-state index contributed by atoms with van der Waals surface area (Å²) in [6.45, 7) is 2.26. The highest BCUT2D eigenvalue weighted by atomic mass is 32.2. The first-order valence-electron chi connectivity index (χ1n) is 7.75. The minimum absolute atomic E-state index is 0.0764. The van der Waals surface area contributed by atoms with Crippen molar-refractivity contribution in [2.75, 3.05) is 11.3 Å². The molecule has 2 aromatic carbocycles. The van der Waals surface area contributed by atoms with Crippen LogP contribution in [0.15, 0.2) is 52.2 Å². The van der Waals surface area contributed by atoms with Crippen LogP contribution in [0.5, 0.6) is 5.75 Å². The zero-order chi connectivity index (χ0) is 18.2. The second-order valence-corrected chi connectivity index (χ2v) is 7.27. The van der Waals surface area contributed by atoms with Crippen molar-refractivity contribution in [1.29, 1.82) is 0 Å². The maximum atomic E-state index is 12.7. The van der Waals surface area contributed by atoms with E-state index in [4.69, 9.17) is 4.74 Å². The number of imidazole rings is 1. The highest BCUT2D eigenvalue weighted by molar-refractivity contribution is 7.92. The van der Waals surface area contributed by atoms with E-state index in [1.54, 1.807) is 44.4 Å². The number of nitrogens with one attached hydrogen (secondary N) is 1. The molecule has 132 valence electrons. The summed E-state index contributed by atoms with van der Waals surface area (Å²) in [4.78, 5) is 12.1. The van der Waals surface area contributed by atoms with Gasteiger partial charge in [0, 0.05) is 14.1 Å². The van der Waals surface area contributed by atoms with Crippen LogP contribution in [0.2, 0.25) is 0 Å². The standard InChI is InChI=1S/C17H19N3O4S/c1-4-24-16-8-6-5-7-13(16)18-25(22,23)12-9-10-14-15(11-12)20(3)17(21)19(14)2/h5-11,18H,4H2,1-3H3. The normalized spacial score (nSPS) is 11.6. The topological polar surface area (TPSA) is 82.3 Å². The van der Waals surface area contributed by atoms with Crippen LogP contribution < -0.4 is 15.1 Å². The fourth-order valence-electron chi connectivity index (χ4n) is 2.69. The molecule has 0 atom stereocenters. The smallest absolute Gasteiger partial charge is 0.328 e. The molecule has 0 fully saturated rings. The van der Waals surface area contributed by atoms with Crippen molar-refractivity contribution >= 4 is 26.7 Å². The van der Waals surface area contributed by atoms with Crippen molar-refractivity contribution in [1.82, 2.24) is 9.13 Å². The number of anilines is 1. The average molecular weight is 361 g/mol. The van der Waals surface area contributed by atoms with Gasteiger partial charge in [-0.25, -0.2) is 13.2 Å². The van der Waals surface area contributed by atoms with Gasteiger partial charge in [0.15, 0.2) is 0 Å². The second kappa shape index (κ2) is 6.29. The van der Waals surface area contributed by atoms with E-state index in [-0.39, 0.29) is 10.6 Å². The van der Waals surface area contributed by atoms with Crippen molar-refractivity contribution in [2.45, 2.75) is 11.8 Å². The summed E-state index contributed by atoms with van der Waals surface area (Å²) >= 11 is 0. The summed E-state index contributed by atoms with van der Waals surface area (Å²) in [7, 11) is -0.562. The van der Waals surface area contributed by atoms with Crippen molar-refractivity contribution in [3.05, 3.63) is 52.9 Å². The number of fused-ring (bicyclic) bond motifs is 1. The van der Waals surface area contributed by atoms with Crippen molar-refractivity contribution < 1.29 is 13.2 Å². The lowest BCUT2D eigenvalue weighted by molar-refractivity contribution is 0.342. The van der Waals surface area contributed by atoms with E-state index in [0.717, 1.165) is 0 Å². The SMILES string of the molecule is CCOc1ccccc1NS(=O)(=O)c1ccc2c(c1)n(C)c(=O)n2C. The predicted octanol–water partition coefficient (Wildman–Crippen LogP) is 2.08. The first-order valence-corrected chi connectivity index (χ1v) is 9.23. The fourth-order valence-corrected chi connectivity index (χ4v) is 3.78. The molecule has 0 bridgehead atoms. The third-order valence-electron chi connectivity index (χ3n) is 3.98. The number of hydrogen-bond donors (Lipinski definition) is 1. The Morgan fingerprint density at radius 1 is 1.04 bits per heavy atom. The van der Waals surface area contributed by atoms with Crippen LogP contribution in [0.1, 0.15) is 6.92 Å². The highest BCUT2D eigenvalue weighted by Crippen LogP contribution is 2.27. The molecule has 3 rings (SSSR count). The van der Waals surface area contributed by atoms with Gasteiger partial charge in [-0.05, 0) is 37.3 Å². The van der Waals surface area contributed by atoms with Gasteiger partial charge >= 0.3 is 5.69 Å². The van der Waals surface area contributed by atoms with Crippen LogP contribution in [-0.2, 0) is 24.1 Å². The number of aromatic nitrogens is 2. The lowest BCUT2D eigenvalue weighted by Gasteiger charge is -2.13. The Balaban J connectivity index is 2.05. The lowest BCUT2D eigenvalue weighted by atomic mass is 10.3. The van der Waals surface area contributed by atoms with E-state index >= 15 is 0 Å². The van der Waals surface area contributed by atoms with Crippen LogP contribution in [0.4, 0.5) is 5.69 Å². The monoisotopic (exact) mass is 361 g/mol. The maximum Gasteiger partial charge on any atom is 0.328 e. The van der Waals surface area contributed by atoms with Crippen LogP contribution in [0, 0.1) is 0 Å². The summed E-state index contributed by atoms with van der Waals surface area (Å²) in [5, 5.41) is 0. The Morgan fingerprint density at radius 3 is 2.44 bits per heavy atom. The van der Waals surface area contributed by atoms with Gasteiger partial charge in [-0.2, -0.15) is 0 Å². The summed E-state index contributed by atoms with van der Waals surface area (Å²) in [6.07, 6.45) is 0. The highest BCUT2D eigenvalue weighted by Gasteiger charge is 2.19. The third-order valence-corrected chi connectivity index (χ3v) is 5.35. The van der Waals surface area contributed by atoms with Crippen LogP contribution in [-0.4, -0.2) is 24.2 Å². The molecule has 0 saturated heterocycles. The van der Waals surface area contributed by atoms with Gasteiger partial charge in [-0.1, -0.05) is 12.1 Å². The molecular weight excluding hydrogens is 342 g/mol. The zero-order valence-corrected chi connectivity index (χ0v) is 15.0. The van der Waals surface area contributed by atoms with E-state index in [1.165, 1.54) is 21.3 Å². The predicted molar refractivity (Wildman–Crippen MR) is 96.6 cm³/mol. The lowest BCUT2D eigenvalue weighted by Crippen LogP contribution is -2.19. The Bertz CT molecular complexity index is 1100. The first-order chi connectivity index (χ1) is 11.8. The molecule has 0 aliphatic heterocycles. The Morgan fingerprint density at radius 2 is 1.72 bits per heavy atom. The Labute approximate surface area is 145 Å². The second-order valence-electron chi connectivity index (χ2n) is 5.59. The summed E-state index contributed by atoms with van der Waals surface area (Å²) in [5.74, 6) is 0.460. The molecule has 25 heavy (non-hydrogen) atoms. The average Bonchev–Trinajstić information content (AvgIpc) is 2.81. The van der Waals surface area contributed by atoms with Gasteiger partial charge in [-0.15, -0.1) is 0 Å². The molecule has 8 heteroatoms. The van der Waals surface area contributed by atoms with E-state index in [0.29, 0.717) is 29.1 Å². The molecule has 0 unspecified atom stereocenters. The summed E-state index contributed by atoms with van der Waals surface area (Å²) in [6, 6.07) is 11.4. The molecule has 1 aromatic heterocycles. The number of aryl methyl sites for hydroxylation is 2. The van der Waals surface area contributed by atoms with E-state index in [2.05, 4.69) is 4.72 Å². The zero-order valence-electron chi connectivity index (χ0n) is 14.2. The van der Waals surface area contributed by atoms with Gasteiger partial charge in [0.25, 0.3) is 10.0 Å². The fraction of sp³-hybridized carbons (Fsp3) is 0.235. The van der Waals surface area contributed by atoms with Crippen LogP contribution in [0.25, 0.3) is 11.0 Å². The third kappa shape index (κ3) is 3.00. The molecule has 0 saturated carbocycles. The number of sulfonamides is 1. The number of benzene rings is 2. The molecule has 1 heterocycles. The Hall–Kier alpha value is -2.74. The van der Waals surface area contributed by atoms with Crippen molar-refractivity contribution in [3.63, 3.8) is 0 Å². The van der Waals surface area contributed by atoms with Crippen molar-refractivity contribution in [2.24, 2.45) is 14.1 Å². The van der Waals surface area contributed by atoms with Gasteiger partial charge in [0.05, 0.1) is 28.2 Å². The quantitative estimate of drug-likeness (QED) is 0.754. The largest absolute Gasteiger partial charge is 0.492 e. The van der Waals surface area contributed by atoms with Crippen molar-refractivity contribution in [3.8, 4) is 5.75 Å². The van der Waals surface area contributed by atoms with Gasteiger partial charge in [-0.3, -0.25) is 13.9 Å². The molecule has 0 aliphatic carbocycles. The molecular formula is C17H19N3O4S. The van der Waals surface area contributed by atoms with Crippen LogP contribution in [0.3, 0.4) is 0 Å². The number of ether oxygens (including phenoxy) is 1. The summed E-state index contributed by atoms with van der Waals surface area (Å²) in [5.41, 5.74) is 1.38. The molecule has 3 aromatic rings. The van der Waals surface area contributed by atoms with Gasteiger partial charge in [0.2, 0.25) is 0 Å². The first kappa shape index (κ1) is 17.1. The number of para-hydroxylation sites is 2. The molecule has 0 aliphatic rings.